The first-order valence-electron chi connectivity index (χ1n) is 23.5. The largest absolute Gasteiger partial charge is 1.00 e. The highest BCUT2D eigenvalue weighted by molar-refractivity contribution is 5.41. The predicted molar refractivity (Wildman–Crippen MR) is 246 cm³/mol. The molecule has 3 N–H and O–H groups in total. The Morgan fingerprint density at radius 3 is 1.14 bits per heavy atom. The van der Waals surface area contributed by atoms with Gasteiger partial charge in [0.15, 0.2) is 11.5 Å². The Kier molecular flexibility index (Phi) is 16.5. The number of hydrogen-bond acceptors (Lipinski definition) is 4. The molecule has 4 bridgehead atoms. The number of aliphatic hydroxyl groups is 2. The molecule has 338 valence electrons. The number of aromatic hydroxyl groups is 1. The van der Waals surface area contributed by atoms with Crippen LogP contribution in [0.3, 0.4) is 0 Å². The lowest BCUT2D eigenvalue weighted by Crippen LogP contribution is -3.00. The number of piperidine rings is 6. The molecule has 0 saturated carbocycles. The molecule has 0 amide bonds. The van der Waals surface area contributed by atoms with Gasteiger partial charge in [0.1, 0.15) is 11.2 Å². The maximum Gasteiger partial charge on any atom is 0.160 e. The van der Waals surface area contributed by atoms with Crippen LogP contribution in [0.25, 0.3) is 0 Å². The van der Waals surface area contributed by atoms with E-state index >= 15 is 0 Å². The molecule has 0 atom stereocenters. The van der Waals surface area contributed by atoms with Crippen LogP contribution in [-0.4, -0.2) is 83.3 Å². The van der Waals surface area contributed by atoms with Gasteiger partial charge in [0.05, 0.1) is 59.0 Å². The van der Waals surface area contributed by atoms with E-state index in [9.17, 15) is 15.3 Å². The maximum atomic E-state index is 12.5. The Balaban J connectivity index is 0.000000206. The molecular formula is C55H70Br2N2O4. The van der Waals surface area contributed by atoms with E-state index in [1.807, 2.05) is 60.7 Å². The number of phenolic OH excluding ortho intramolecular Hbond substituents is 1. The molecular weight excluding hydrogens is 912 g/mol. The molecule has 5 aromatic carbocycles. The van der Waals surface area contributed by atoms with E-state index in [1.54, 1.807) is 12.1 Å². The number of halogens is 2. The normalized spacial score (nSPS) is 24.9. The summed E-state index contributed by atoms with van der Waals surface area (Å²) in [5.74, 6) is 0.760. The summed E-state index contributed by atoms with van der Waals surface area (Å²) in [6.07, 6.45) is 12.8. The van der Waals surface area contributed by atoms with Gasteiger partial charge in [0, 0.05) is 55.8 Å². The summed E-state index contributed by atoms with van der Waals surface area (Å²) in [6, 6.07) is 48.6. The van der Waals surface area contributed by atoms with Crippen molar-refractivity contribution in [2.24, 2.45) is 10.8 Å². The second kappa shape index (κ2) is 21.2. The third-order valence-corrected chi connectivity index (χ3v) is 16.1. The van der Waals surface area contributed by atoms with Crippen LogP contribution >= 0.6 is 0 Å². The topological polar surface area (TPSA) is 69.9 Å². The van der Waals surface area contributed by atoms with Crippen LogP contribution in [0.15, 0.2) is 146 Å². The molecule has 0 aromatic heterocycles. The van der Waals surface area contributed by atoms with Crippen LogP contribution in [0.5, 0.6) is 11.5 Å². The molecule has 6 aliphatic rings. The van der Waals surface area contributed by atoms with Gasteiger partial charge in [-0.15, -0.1) is 0 Å². The molecule has 6 nitrogen and oxygen atoms in total. The number of ether oxygens (including phenoxy) is 1. The number of benzene rings is 5. The zero-order valence-corrected chi connectivity index (χ0v) is 40.6. The number of fused-ring (bicyclic) bond motifs is 6. The van der Waals surface area contributed by atoms with E-state index in [-0.39, 0.29) is 50.5 Å². The maximum absolute atomic E-state index is 12.5. The fraction of sp³-hybridized carbons (Fsp3) is 0.455. The van der Waals surface area contributed by atoms with E-state index in [2.05, 4.69) is 79.7 Å². The van der Waals surface area contributed by atoms with Crippen molar-refractivity contribution in [3.8, 4) is 11.5 Å². The Morgan fingerprint density at radius 2 is 0.794 bits per heavy atom. The molecule has 6 aliphatic heterocycles. The van der Waals surface area contributed by atoms with Crippen molar-refractivity contribution in [2.45, 2.75) is 88.8 Å². The summed E-state index contributed by atoms with van der Waals surface area (Å²) in [4.78, 5) is 0. The molecule has 0 aliphatic carbocycles. The quantitative estimate of drug-likeness (QED) is 0.100. The average Bonchev–Trinajstić information content (AvgIpc) is 3.34. The highest BCUT2D eigenvalue weighted by atomic mass is 79.9. The van der Waals surface area contributed by atoms with Gasteiger partial charge in [-0.25, -0.2) is 0 Å². The Bertz CT molecular complexity index is 2010. The number of nitrogens with zero attached hydrogens (tertiary/aromatic N) is 2. The molecule has 0 spiro atoms. The number of rotatable bonds is 16. The zero-order chi connectivity index (χ0) is 42.3. The van der Waals surface area contributed by atoms with Crippen molar-refractivity contribution in [3.63, 3.8) is 0 Å². The molecule has 8 heteroatoms. The summed E-state index contributed by atoms with van der Waals surface area (Å²) in [5.41, 5.74) is 2.09. The molecule has 6 saturated heterocycles. The molecule has 6 heterocycles. The van der Waals surface area contributed by atoms with Gasteiger partial charge in [-0.3, -0.25) is 0 Å². The van der Waals surface area contributed by atoms with E-state index in [1.165, 1.54) is 56.3 Å². The Hall–Kier alpha value is -3.50. The SMILES string of the molecule is CCCCCC[N+]12CCC(C(O)(c3ccccc3)c3ccccc3)(CC1)CC2.Oc1ccccc1OCCC[N+]12CCC(C(O)(c3ccccc3)c3ccccc3)(CC1)CC2.[Br-].[Br-]. The monoisotopic (exact) mass is 980 g/mol. The van der Waals surface area contributed by atoms with Gasteiger partial charge >= 0.3 is 0 Å². The smallest absolute Gasteiger partial charge is 0.160 e. The van der Waals surface area contributed by atoms with Crippen LogP contribution in [0.4, 0.5) is 0 Å². The molecule has 11 rings (SSSR count). The summed E-state index contributed by atoms with van der Waals surface area (Å²) >= 11 is 0. The zero-order valence-electron chi connectivity index (χ0n) is 37.4. The molecule has 5 aromatic rings. The van der Waals surface area contributed by atoms with Crippen molar-refractivity contribution in [1.82, 2.24) is 0 Å². The lowest BCUT2D eigenvalue weighted by Gasteiger charge is -2.60. The number of unbranched alkanes of at least 4 members (excludes halogenated alkanes) is 3. The summed E-state index contributed by atoms with van der Waals surface area (Å²) < 4.78 is 8.23. The third kappa shape index (κ3) is 9.74. The third-order valence-electron chi connectivity index (χ3n) is 16.1. The minimum absolute atomic E-state index is 0. The second-order valence-corrected chi connectivity index (χ2v) is 19.1. The fourth-order valence-electron chi connectivity index (χ4n) is 12.2. The van der Waals surface area contributed by atoms with Gasteiger partial charge in [-0.1, -0.05) is 153 Å². The van der Waals surface area contributed by atoms with Gasteiger partial charge in [0.25, 0.3) is 0 Å². The highest BCUT2D eigenvalue weighted by Gasteiger charge is 2.61. The van der Waals surface area contributed by atoms with E-state index in [0.29, 0.717) is 12.4 Å². The average molecular weight is 983 g/mol. The Morgan fingerprint density at radius 1 is 0.460 bits per heavy atom. The van der Waals surface area contributed by atoms with E-state index < -0.39 is 11.2 Å². The van der Waals surface area contributed by atoms with Crippen LogP contribution in [-0.2, 0) is 11.2 Å². The minimum atomic E-state index is -0.972. The lowest BCUT2D eigenvalue weighted by atomic mass is 9.56. The van der Waals surface area contributed by atoms with Gasteiger partial charge < -0.3 is 63.0 Å². The summed E-state index contributed by atoms with van der Waals surface area (Å²) in [6.45, 7) is 12.3. The first-order chi connectivity index (χ1) is 29.7. The van der Waals surface area contributed by atoms with Gasteiger partial charge in [-0.05, 0) is 47.2 Å². The van der Waals surface area contributed by atoms with E-state index in [0.717, 1.165) is 97.9 Å². The molecule has 0 radical (unpaired) electrons. The predicted octanol–water partition coefficient (Wildman–Crippen LogP) is 4.61. The molecule has 6 fully saturated rings. The molecule has 0 unspecified atom stereocenters. The number of phenols is 1. The van der Waals surface area contributed by atoms with Crippen LogP contribution in [0.1, 0.15) is 99.8 Å². The number of quaternary nitrogens is 2. The van der Waals surface area contributed by atoms with Crippen molar-refractivity contribution in [3.05, 3.63) is 168 Å². The molecule has 63 heavy (non-hydrogen) atoms. The minimum Gasteiger partial charge on any atom is -1.00 e. The van der Waals surface area contributed by atoms with Crippen molar-refractivity contribution in [2.75, 3.05) is 59.0 Å². The van der Waals surface area contributed by atoms with Crippen molar-refractivity contribution < 1.29 is 63.0 Å². The van der Waals surface area contributed by atoms with Crippen molar-refractivity contribution in [1.29, 1.82) is 0 Å². The second-order valence-electron chi connectivity index (χ2n) is 19.1. The first kappa shape index (κ1) is 48.9. The van der Waals surface area contributed by atoms with E-state index in [4.69, 9.17) is 4.74 Å². The van der Waals surface area contributed by atoms with Crippen LogP contribution in [0, 0.1) is 10.8 Å². The summed E-state index contributed by atoms with van der Waals surface area (Å²) in [7, 11) is 0. The van der Waals surface area contributed by atoms with Gasteiger partial charge in [0.2, 0.25) is 0 Å². The number of para-hydroxylation sites is 2. The lowest BCUT2D eigenvalue weighted by molar-refractivity contribution is -0.946. The van der Waals surface area contributed by atoms with Crippen LogP contribution < -0.4 is 38.7 Å². The van der Waals surface area contributed by atoms with Gasteiger partial charge in [-0.2, -0.15) is 0 Å². The number of hydrogen-bond donors (Lipinski definition) is 3. The first-order valence-corrected chi connectivity index (χ1v) is 23.5. The Labute approximate surface area is 398 Å². The summed E-state index contributed by atoms with van der Waals surface area (Å²) in [5, 5.41) is 34.7. The fourth-order valence-corrected chi connectivity index (χ4v) is 12.2. The standard InChI is InChI=1S/C29H33NO3.C26H36NO.2BrH/c31-26-14-7-8-15-27(26)33-23-9-19-30-20-16-28(17-21-30,18-22-30)29(32,24-10-3-1-4-11-24)25-12-5-2-6-13-25;1-2-3-4-11-19-27-20-16-25(17-21-27,18-22-27)26(28,23-12-7-5-8-13-23)24-14-9-6-10-15-24;;/h1-8,10-15,32H,9,16-23H2;5-10,12-15,28H,2-4,11,16-22H2,1H3;2*1H/q;+1;;/p-1. The van der Waals surface area contributed by atoms with Crippen molar-refractivity contribution >= 4 is 0 Å². The van der Waals surface area contributed by atoms with Crippen LogP contribution in [0.2, 0.25) is 0 Å². The highest BCUT2D eigenvalue weighted by Crippen LogP contribution is 2.59.